The van der Waals surface area contributed by atoms with Crippen molar-refractivity contribution < 1.29 is 9.84 Å². The third kappa shape index (κ3) is 3.13. The molecule has 1 aliphatic carbocycles. The highest BCUT2D eigenvalue weighted by atomic mass is 16.5. The molecule has 4 heteroatoms. The highest BCUT2D eigenvalue weighted by molar-refractivity contribution is 5.44. The van der Waals surface area contributed by atoms with E-state index >= 15 is 0 Å². The van der Waals surface area contributed by atoms with Crippen molar-refractivity contribution in [2.24, 2.45) is 5.41 Å². The second-order valence-electron chi connectivity index (χ2n) is 6.73. The van der Waals surface area contributed by atoms with Gasteiger partial charge in [-0.25, -0.2) is 0 Å². The summed E-state index contributed by atoms with van der Waals surface area (Å²) in [7, 11) is 1.70. The van der Waals surface area contributed by atoms with Crippen LogP contribution < -0.4 is 5.73 Å². The summed E-state index contributed by atoms with van der Waals surface area (Å²) >= 11 is 0. The average Bonchev–Trinajstić information content (AvgIpc) is 2.42. The number of aromatic nitrogens is 1. The first-order valence-electron chi connectivity index (χ1n) is 7.30. The van der Waals surface area contributed by atoms with Crippen molar-refractivity contribution in [1.29, 1.82) is 0 Å². The fourth-order valence-electron chi connectivity index (χ4n) is 3.03. The Hall–Kier alpha value is -1.13. The maximum atomic E-state index is 10.7. The Morgan fingerprint density at radius 3 is 2.55 bits per heavy atom. The zero-order valence-electron chi connectivity index (χ0n) is 12.7. The molecular weight excluding hydrogens is 252 g/mol. The second-order valence-corrected chi connectivity index (χ2v) is 6.73. The standard InChI is InChI=1S/C16H26N2O2/c1-15(2)5-7-16(20-3,8-6-15)14(19)10-12-11-18-9-4-13(12)17/h4,9,11,14,19H,5-8,10H2,1-3H3,(H2,17,18). The Bertz CT molecular complexity index is 450. The van der Waals surface area contributed by atoms with Crippen LogP contribution in [0.4, 0.5) is 5.69 Å². The van der Waals surface area contributed by atoms with Gasteiger partial charge in [-0.05, 0) is 42.7 Å². The second kappa shape index (κ2) is 5.70. The summed E-state index contributed by atoms with van der Waals surface area (Å²) in [6.07, 6.45) is 7.26. The molecule has 1 atom stereocenters. The molecule has 1 aromatic heterocycles. The van der Waals surface area contributed by atoms with Gasteiger partial charge in [0.1, 0.15) is 0 Å². The highest BCUT2D eigenvalue weighted by Gasteiger charge is 2.43. The van der Waals surface area contributed by atoms with Crippen molar-refractivity contribution in [2.45, 2.75) is 57.7 Å². The minimum absolute atomic E-state index is 0.342. The number of methoxy groups -OCH3 is 1. The van der Waals surface area contributed by atoms with Crippen molar-refractivity contribution in [3.63, 3.8) is 0 Å². The molecule has 0 aliphatic heterocycles. The number of hydrogen-bond donors (Lipinski definition) is 2. The number of ether oxygens (including phenoxy) is 1. The van der Waals surface area contributed by atoms with Crippen LogP contribution in [-0.2, 0) is 11.2 Å². The summed E-state index contributed by atoms with van der Waals surface area (Å²) in [4.78, 5) is 4.08. The number of nitrogen functional groups attached to an aromatic ring is 1. The lowest BCUT2D eigenvalue weighted by molar-refractivity contribution is -0.135. The summed E-state index contributed by atoms with van der Waals surface area (Å²) in [5, 5.41) is 10.7. The average molecular weight is 278 g/mol. The molecular formula is C16H26N2O2. The minimum atomic E-state index is -0.546. The van der Waals surface area contributed by atoms with Crippen LogP contribution in [0.1, 0.15) is 45.1 Å². The van der Waals surface area contributed by atoms with E-state index in [0.29, 0.717) is 17.5 Å². The molecule has 1 aliphatic rings. The van der Waals surface area contributed by atoms with E-state index in [2.05, 4.69) is 18.8 Å². The summed E-state index contributed by atoms with van der Waals surface area (Å²) in [5.74, 6) is 0. The third-order valence-electron chi connectivity index (χ3n) is 4.82. The first-order chi connectivity index (χ1) is 9.38. The van der Waals surface area contributed by atoms with Gasteiger partial charge in [-0.3, -0.25) is 4.98 Å². The fourth-order valence-corrected chi connectivity index (χ4v) is 3.03. The van der Waals surface area contributed by atoms with Gasteiger partial charge in [-0.15, -0.1) is 0 Å². The van der Waals surface area contributed by atoms with Crippen molar-refractivity contribution in [3.05, 3.63) is 24.0 Å². The Kier molecular flexibility index (Phi) is 4.35. The Morgan fingerprint density at radius 1 is 1.35 bits per heavy atom. The van der Waals surface area contributed by atoms with Crippen LogP contribution in [0.25, 0.3) is 0 Å². The molecule has 0 spiro atoms. The summed E-state index contributed by atoms with van der Waals surface area (Å²) in [5.41, 5.74) is 7.40. The fraction of sp³-hybridized carbons (Fsp3) is 0.688. The number of nitrogens with zero attached hydrogens (tertiary/aromatic N) is 1. The SMILES string of the molecule is COC1(C(O)Cc2cnccc2N)CCC(C)(C)CC1. The summed E-state index contributed by atoms with van der Waals surface area (Å²) < 4.78 is 5.73. The van der Waals surface area contributed by atoms with E-state index < -0.39 is 11.7 Å². The normalized spacial score (nSPS) is 22.4. The summed E-state index contributed by atoms with van der Waals surface area (Å²) in [6.45, 7) is 4.55. The topological polar surface area (TPSA) is 68.4 Å². The predicted molar refractivity (Wildman–Crippen MR) is 80.3 cm³/mol. The van der Waals surface area contributed by atoms with Crippen LogP contribution in [0.3, 0.4) is 0 Å². The van der Waals surface area contributed by atoms with Crippen molar-refractivity contribution in [2.75, 3.05) is 12.8 Å². The van der Waals surface area contributed by atoms with Gasteiger partial charge in [0, 0.05) is 31.6 Å². The molecule has 1 saturated carbocycles. The molecule has 1 heterocycles. The van der Waals surface area contributed by atoms with E-state index in [1.54, 1.807) is 25.6 Å². The molecule has 4 nitrogen and oxygen atoms in total. The third-order valence-corrected chi connectivity index (χ3v) is 4.82. The molecule has 20 heavy (non-hydrogen) atoms. The molecule has 2 rings (SSSR count). The molecule has 112 valence electrons. The van der Waals surface area contributed by atoms with E-state index in [1.807, 2.05) is 0 Å². The molecule has 1 unspecified atom stereocenters. The Balaban J connectivity index is 2.10. The van der Waals surface area contributed by atoms with Crippen LogP contribution in [0.2, 0.25) is 0 Å². The molecule has 0 radical (unpaired) electrons. The number of anilines is 1. The lowest BCUT2D eigenvalue weighted by Gasteiger charge is -2.45. The van der Waals surface area contributed by atoms with Gasteiger partial charge in [0.15, 0.2) is 0 Å². The van der Waals surface area contributed by atoms with Crippen molar-refractivity contribution >= 4 is 5.69 Å². The molecule has 0 amide bonds. The van der Waals surface area contributed by atoms with Gasteiger partial charge in [0.05, 0.1) is 11.7 Å². The Morgan fingerprint density at radius 2 is 2.00 bits per heavy atom. The van der Waals surface area contributed by atoms with Crippen LogP contribution in [0, 0.1) is 5.41 Å². The van der Waals surface area contributed by atoms with Crippen LogP contribution in [0.15, 0.2) is 18.5 Å². The maximum absolute atomic E-state index is 10.7. The highest BCUT2D eigenvalue weighted by Crippen LogP contribution is 2.44. The molecule has 0 saturated heterocycles. The first kappa shape index (κ1) is 15.3. The van der Waals surface area contributed by atoms with Crippen LogP contribution >= 0.6 is 0 Å². The minimum Gasteiger partial charge on any atom is -0.398 e. The number of rotatable bonds is 4. The van der Waals surface area contributed by atoms with E-state index in [9.17, 15) is 5.11 Å². The van der Waals surface area contributed by atoms with Gasteiger partial charge >= 0.3 is 0 Å². The van der Waals surface area contributed by atoms with E-state index in [1.165, 1.54) is 0 Å². The zero-order chi connectivity index (χ0) is 14.8. The quantitative estimate of drug-likeness (QED) is 0.888. The Labute approximate surface area is 121 Å². The van der Waals surface area contributed by atoms with Crippen LogP contribution in [-0.4, -0.2) is 28.9 Å². The number of pyridine rings is 1. The van der Waals surface area contributed by atoms with Crippen LogP contribution in [0.5, 0.6) is 0 Å². The van der Waals surface area contributed by atoms with Crippen molar-refractivity contribution in [3.8, 4) is 0 Å². The lowest BCUT2D eigenvalue weighted by atomic mass is 9.68. The van der Waals surface area contributed by atoms with Crippen molar-refractivity contribution in [1.82, 2.24) is 4.98 Å². The van der Waals surface area contributed by atoms with E-state index in [0.717, 1.165) is 31.2 Å². The first-order valence-corrected chi connectivity index (χ1v) is 7.30. The monoisotopic (exact) mass is 278 g/mol. The van der Waals surface area contributed by atoms with E-state index in [4.69, 9.17) is 10.5 Å². The van der Waals surface area contributed by atoms with Gasteiger partial charge < -0.3 is 15.6 Å². The molecule has 3 N–H and O–H groups in total. The number of aliphatic hydroxyl groups is 1. The number of aliphatic hydroxyl groups excluding tert-OH is 1. The largest absolute Gasteiger partial charge is 0.398 e. The lowest BCUT2D eigenvalue weighted by Crippen LogP contribution is -2.49. The molecule has 0 bridgehead atoms. The molecule has 1 fully saturated rings. The zero-order valence-corrected chi connectivity index (χ0v) is 12.7. The number of nitrogens with two attached hydrogens (primary N) is 1. The van der Waals surface area contributed by atoms with Gasteiger partial charge in [-0.1, -0.05) is 13.8 Å². The molecule has 0 aromatic carbocycles. The smallest absolute Gasteiger partial charge is 0.0940 e. The van der Waals surface area contributed by atoms with Gasteiger partial charge in [0.25, 0.3) is 0 Å². The van der Waals surface area contributed by atoms with Gasteiger partial charge in [-0.2, -0.15) is 0 Å². The van der Waals surface area contributed by atoms with Gasteiger partial charge in [0.2, 0.25) is 0 Å². The predicted octanol–water partition coefficient (Wildman–Crippen LogP) is 2.55. The summed E-state index contributed by atoms with van der Waals surface area (Å²) in [6, 6.07) is 1.77. The maximum Gasteiger partial charge on any atom is 0.0940 e. The molecule has 1 aromatic rings. The number of hydrogen-bond acceptors (Lipinski definition) is 4. The van der Waals surface area contributed by atoms with E-state index in [-0.39, 0.29) is 0 Å².